The van der Waals surface area contributed by atoms with E-state index in [2.05, 4.69) is 130 Å². The predicted octanol–water partition coefficient (Wildman–Crippen LogP) is 17.5. The molecule has 0 amide bonds. The van der Waals surface area contributed by atoms with Crippen LogP contribution in [0.4, 0.5) is 0 Å². The maximum atomic E-state index is 12.7. The number of carbonyl (C=O) groups is 3. The van der Waals surface area contributed by atoms with E-state index in [1.54, 1.807) is 0 Å². The van der Waals surface area contributed by atoms with Crippen LogP contribution in [0.5, 0.6) is 0 Å². The third-order valence-electron chi connectivity index (χ3n) is 10.8. The molecule has 0 fully saturated rings. The van der Waals surface area contributed by atoms with Crippen molar-refractivity contribution in [3.63, 3.8) is 0 Å². The van der Waals surface area contributed by atoms with E-state index in [-0.39, 0.29) is 31.1 Å². The van der Waals surface area contributed by atoms with Crippen LogP contribution in [0.1, 0.15) is 226 Å². The molecule has 0 saturated carbocycles. The van der Waals surface area contributed by atoms with E-state index in [9.17, 15) is 14.4 Å². The average molecular weight is 901 g/mol. The van der Waals surface area contributed by atoms with E-state index in [0.29, 0.717) is 19.3 Å². The quantitative estimate of drug-likeness (QED) is 0.0262. The zero-order chi connectivity index (χ0) is 47.2. The number of rotatable bonds is 46. The highest BCUT2D eigenvalue weighted by Crippen LogP contribution is 2.13. The van der Waals surface area contributed by atoms with E-state index in [4.69, 9.17) is 14.2 Å². The van der Waals surface area contributed by atoms with Gasteiger partial charge in [-0.25, -0.2) is 0 Å². The van der Waals surface area contributed by atoms with Gasteiger partial charge >= 0.3 is 17.9 Å². The van der Waals surface area contributed by atoms with E-state index in [1.807, 2.05) is 0 Å². The van der Waals surface area contributed by atoms with Gasteiger partial charge in [0.25, 0.3) is 0 Å². The molecule has 1 atom stereocenters. The van der Waals surface area contributed by atoms with Gasteiger partial charge in [-0.3, -0.25) is 14.4 Å². The number of unbranched alkanes of at least 4 members (excludes halogenated alkanes) is 17. The molecule has 0 aliphatic rings. The van der Waals surface area contributed by atoms with Gasteiger partial charge in [0.05, 0.1) is 0 Å². The topological polar surface area (TPSA) is 78.9 Å². The van der Waals surface area contributed by atoms with Crippen LogP contribution >= 0.6 is 0 Å². The number of hydrogen-bond donors (Lipinski definition) is 0. The van der Waals surface area contributed by atoms with Crippen LogP contribution in [-0.4, -0.2) is 37.2 Å². The van der Waals surface area contributed by atoms with Crippen LogP contribution in [0.25, 0.3) is 0 Å². The molecule has 0 bridgehead atoms. The van der Waals surface area contributed by atoms with Gasteiger partial charge in [-0.05, 0) is 103 Å². The van der Waals surface area contributed by atoms with E-state index in [1.165, 1.54) is 38.5 Å². The fourth-order valence-corrected chi connectivity index (χ4v) is 6.79. The standard InChI is InChI=1S/C59H96O6/c1-4-7-10-13-16-18-20-22-24-25-26-27-28-29-30-31-32-33-34-35-36-38-39-41-43-46-49-52-58(61)64-55-56(54-63-57(60)51-48-45-15-12-9-6-3)65-59(62)53-50-47-44-42-40-37-23-21-19-17-14-11-8-5-2/h7,10,14,16-18,21-24,26-27,29-30,32-33,35-36,56H,4-6,8-9,11-13,15,19-20,25,28,31,34,37-55H2,1-3H3/b10-7-,17-14-,18-16-,23-21-,24-22-,27-26-,30-29-,33-32-,36-35-. The Hall–Kier alpha value is -3.93. The molecule has 0 aromatic rings. The minimum absolute atomic E-state index is 0.0917. The normalized spacial score (nSPS) is 13.0. The zero-order valence-corrected chi connectivity index (χ0v) is 42.0. The fraction of sp³-hybridized carbons (Fsp3) is 0.644. The first-order valence-electron chi connectivity index (χ1n) is 26.4. The summed E-state index contributed by atoms with van der Waals surface area (Å²) >= 11 is 0. The lowest BCUT2D eigenvalue weighted by Crippen LogP contribution is -2.30. The molecule has 368 valence electrons. The summed E-state index contributed by atoms with van der Waals surface area (Å²) in [6.07, 6.45) is 71.0. The van der Waals surface area contributed by atoms with Crippen molar-refractivity contribution in [2.45, 2.75) is 232 Å². The molecular weight excluding hydrogens is 805 g/mol. The Morgan fingerprint density at radius 1 is 0.323 bits per heavy atom. The molecule has 0 N–H and O–H groups in total. The number of ether oxygens (including phenoxy) is 3. The third kappa shape index (κ3) is 50.9. The van der Waals surface area contributed by atoms with Gasteiger partial charge in [0.15, 0.2) is 6.10 Å². The summed E-state index contributed by atoms with van der Waals surface area (Å²) < 4.78 is 16.7. The molecule has 0 rings (SSSR count). The van der Waals surface area contributed by atoms with E-state index >= 15 is 0 Å². The molecule has 0 aromatic carbocycles. The number of hydrogen-bond acceptors (Lipinski definition) is 6. The Kier molecular flexibility index (Phi) is 49.5. The molecule has 65 heavy (non-hydrogen) atoms. The lowest BCUT2D eigenvalue weighted by molar-refractivity contribution is -0.167. The summed E-state index contributed by atoms with van der Waals surface area (Å²) in [5, 5.41) is 0. The van der Waals surface area contributed by atoms with Gasteiger partial charge in [0, 0.05) is 19.3 Å². The van der Waals surface area contributed by atoms with Crippen LogP contribution < -0.4 is 0 Å². The second kappa shape index (κ2) is 52.7. The van der Waals surface area contributed by atoms with Crippen molar-refractivity contribution < 1.29 is 28.6 Å². The van der Waals surface area contributed by atoms with Crippen LogP contribution in [0.15, 0.2) is 109 Å². The van der Waals surface area contributed by atoms with Gasteiger partial charge in [-0.2, -0.15) is 0 Å². The Morgan fingerprint density at radius 3 is 0.985 bits per heavy atom. The molecule has 0 aromatic heterocycles. The SMILES string of the molecule is CC/C=C\C/C=C\C/C=C\C/C=C\C/C=C\C/C=C\C/C=C\CCCCCCCC(=O)OCC(COC(=O)CCCCCCCC)OC(=O)CCCCCCC/C=C\C/C=C\CCCC. The molecule has 0 heterocycles. The molecular formula is C59H96O6. The Labute approximate surface area is 400 Å². The smallest absolute Gasteiger partial charge is 0.306 e. The highest BCUT2D eigenvalue weighted by atomic mass is 16.6. The van der Waals surface area contributed by atoms with Crippen molar-refractivity contribution >= 4 is 17.9 Å². The Bertz CT molecular complexity index is 1360. The average Bonchev–Trinajstić information content (AvgIpc) is 3.30. The molecule has 0 spiro atoms. The monoisotopic (exact) mass is 901 g/mol. The lowest BCUT2D eigenvalue weighted by atomic mass is 10.1. The lowest BCUT2D eigenvalue weighted by Gasteiger charge is -2.18. The van der Waals surface area contributed by atoms with Crippen molar-refractivity contribution in [3.8, 4) is 0 Å². The van der Waals surface area contributed by atoms with Gasteiger partial charge in [-0.1, -0.05) is 214 Å². The summed E-state index contributed by atoms with van der Waals surface area (Å²) in [4.78, 5) is 37.7. The van der Waals surface area contributed by atoms with E-state index < -0.39 is 6.10 Å². The summed E-state index contributed by atoms with van der Waals surface area (Å²) in [7, 11) is 0. The summed E-state index contributed by atoms with van der Waals surface area (Å²) in [5.74, 6) is -0.942. The molecule has 6 heteroatoms. The van der Waals surface area contributed by atoms with Crippen LogP contribution in [0.3, 0.4) is 0 Å². The molecule has 0 saturated heterocycles. The van der Waals surface area contributed by atoms with Gasteiger partial charge in [0.2, 0.25) is 0 Å². The Morgan fingerprint density at radius 2 is 0.615 bits per heavy atom. The zero-order valence-electron chi connectivity index (χ0n) is 42.0. The molecule has 1 unspecified atom stereocenters. The van der Waals surface area contributed by atoms with Crippen molar-refractivity contribution in [3.05, 3.63) is 109 Å². The van der Waals surface area contributed by atoms with Crippen LogP contribution in [0, 0.1) is 0 Å². The van der Waals surface area contributed by atoms with Crippen molar-refractivity contribution in [1.29, 1.82) is 0 Å². The van der Waals surface area contributed by atoms with Crippen LogP contribution in [-0.2, 0) is 28.6 Å². The largest absolute Gasteiger partial charge is 0.462 e. The van der Waals surface area contributed by atoms with E-state index in [0.717, 1.165) is 148 Å². The first kappa shape index (κ1) is 61.1. The number of carbonyl (C=O) groups excluding carboxylic acids is 3. The second-order valence-corrected chi connectivity index (χ2v) is 17.1. The second-order valence-electron chi connectivity index (χ2n) is 17.1. The maximum absolute atomic E-state index is 12.7. The summed E-state index contributed by atoms with van der Waals surface area (Å²) in [6, 6.07) is 0. The summed E-state index contributed by atoms with van der Waals surface area (Å²) in [6.45, 7) is 6.38. The van der Waals surface area contributed by atoms with Crippen LogP contribution in [0.2, 0.25) is 0 Å². The third-order valence-corrected chi connectivity index (χ3v) is 10.8. The maximum Gasteiger partial charge on any atom is 0.306 e. The van der Waals surface area contributed by atoms with Gasteiger partial charge in [-0.15, -0.1) is 0 Å². The minimum atomic E-state index is -0.791. The summed E-state index contributed by atoms with van der Waals surface area (Å²) in [5.41, 5.74) is 0. The molecule has 0 radical (unpaired) electrons. The van der Waals surface area contributed by atoms with Crippen molar-refractivity contribution in [2.75, 3.05) is 13.2 Å². The van der Waals surface area contributed by atoms with Crippen molar-refractivity contribution in [2.24, 2.45) is 0 Å². The number of allylic oxidation sites excluding steroid dienone is 18. The minimum Gasteiger partial charge on any atom is -0.462 e. The van der Waals surface area contributed by atoms with Gasteiger partial charge in [0.1, 0.15) is 13.2 Å². The fourth-order valence-electron chi connectivity index (χ4n) is 6.79. The predicted molar refractivity (Wildman–Crippen MR) is 279 cm³/mol. The molecule has 6 nitrogen and oxygen atoms in total. The van der Waals surface area contributed by atoms with Crippen molar-refractivity contribution in [1.82, 2.24) is 0 Å². The molecule has 0 aliphatic carbocycles. The number of esters is 3. The van der Waals surface area contributed by atoms with Gasteiger partial charge < -0.3 is 14.2 Å². The first-order valence-corrected chi connectivity index (χ1v) is 26.4. The highest BCUT2D eigenvalue weighted by Gasteiger charge is 2.19. The highest BCUT2D eigenvalue weighted by molar-refractivity contribution is 5.71. The first-order chi connectivity index (χ1) is 32.0. The molecule has 0 aliphatic heterocycles. The Balaban J connectivity index is 4.23.